The molecule has 9 nitrogen and oxygen atoms in total. The predicted octanol–water partition coefficient (Wildman–Crippen LogP) is 4.13. The molecule has 3 aromatic carbocycles. The number of phenolic OH excluding ortho intramolecular Hbond substituents is 2. The number of aromatic hydroxyl groups is 2. The molecule has 2 heterocycles. The van der Waals surface area contributed by atoms with E-state index in [0.29, 0.717) is 28.5 Å². The first-order valence-corrected chi connectivity index (χ1v) is 10.2. The highest BCUT2D eigenvalue weighted by atomic mass is 16.4. The molecule has 3 N–H and O–H groups in total. The van der Waals surface area contributed by atoms with Gasteiger partial charge in [0.2, 0.25) is 11.8 Å². The van der Waals surface area contributed by atoms with E-state index >= 15 is 0 Å². The highest BCUT2D eigenvalue weighted by Crippen LogP contribution is 2.26. The van der Waals surface area contributed by atoms with Gasteiger partial charge in [0.1, 0.15) is 11.5 Å². The molecule has 0 fully saturated rings. The van der Waals surface area contributed by atoms with Crippen LogP contribution in [-0.2, 0) is 0 Å². The molecule has 0 spiro atoms. The van der Waals surface area contributed by atoms with E-state index in [1.54, 1.807) is 30.5 Å². The lowest BCUT2D eigenvalue weighted by Gasteiger charge is -2.02. The Morgan fingerprint density at radius 3 is 2.35 bits per heavy atom. The predicted molar refractivity (Wildman–Crippen MR) is 125 cm³/mol. The Bertz CT molecular complexity index is 1510. The van der Waals surface area contributed by atoms with Crippen LogP contribution in [0.1, 0.15) is 15.9 Å². The quantitative estimate of drug-likeness (QED) is 0.270. The molecule has 0 aliphatic rings. The molecule has 0 unspecified atom stereocenters. The zero-order valence-corrected chi connectivity index (χ0v) is 17.6. The number of hydrogen-bond donors (Lipinski definition) is 3. The maximum atomic E-state index is 12.3. The number of carbonyl (C=O) groups is 1. The van der Waals surface area contributed by atoms with Gasteiger partial charge in [0.25, 0.3) is 5.91 Å². The van der Waals surface area contributed by atoms with Crippen LogP contribution in [-0.4, -0.2) is 37.5 Å². The van der Waals surface area contributed by atoms with Crippen molar-refractivity contribution in [2.45, 2.75) is 0 Å². The Labute approximate surface area is 193 Å². The van der Waals surface area contributed by atoms with Gasteiger partial charge in [0.05, 0.1) is 11.7 Å². The third-order valence-corrected chi connectivity index (χ3v) is 4.97. The second-order valence-corrected chi connectivity index (χ2v) is 7.38. The van der Waals surface area contributed by atoms with Crippen molar-refractivity contribution in [1.29, 1.82) is 0 Å². The molecule has 1 amide bonds. The standard InChI is InChI=1S/C25H17N5O4/c31-20-10-15(11-21(32)13-20)14-27-28-23(33)16-3-5-17(6-4-16)24-29-30-25(34-24)19-7-8-22-18(12-19)2-1-9-26-22/h1-14,31-32H,(H,28,33)/b27-14+. The summed E-state index contributed by atoms with van der Waals surface area (Å²) in [4.78, 5) is 16.6. The minimum absolute atomic E-state index is 0.106. The lowest BCUT2D eigenvalue weighted by molar-refractivity contribution is 0.0955. The van der Waals surface area contributed by atoms with Crippen molar-refractivity contribution in [3.05, 3.63) is 90.1 Å². The molecular formula is C25H17N5O4. The van der Waals surface area contributed by atoms with Crippen molar-refractivity contribution in [2.75, 3.05) is 0 Å². The van der Waals surface area contributed by atoms with E-state index in [-0.39, 0.29) is 11.5 Å². The van der Waals surface area contributed by atoms with Gasteiger partial charge in [-0.15, -0.1) is 10.2 Å². The number of nitrogens with one attached hydrogen (secondary N) is 1. The SMILES string of the molecule is O=C(N/N=C/c1cc(O)cc(O)c1)c1ccc(-c2nnc(-c3ccc4ncccc4c3)o2)cc1. The molecule has 2 aromatic heterocycles. The number of pyridine rings is 1. The second kappa shape index (κ2) is 8.83. The number of fused-ring (bicyclic) bond motifs is 1. The molecular weight excluding hydrogens is 434 g/mol. The highest BCUT2D eigenvalue weighted by Gasteiger charge is 2.12. The van der Waals surface area contributed by atoms with E-state index < -0.39 is 5.91 Å². The molecule has 5 aromatic rings. The van der Waals surface area contributed by atoms with Crippen molar-refractivity contribution in [2.24, 2.45) is 5.10 Å². The molecule has 0 aliphatic carbocycles. The molecule has 0 radical (unpaired) electrons. The summed E-state index contributed by atoms with van der Waals surface area (Å²) < 4.78 is 5.83. The van der Waals surface area contributed by atoms with E-state index in [1.165, 1.54) is 24.4 Å². The van der Waals surface area contributed by atoms with Gasteiger partial charge in [-0.1, -0.05) is 6.07 Å². The topological polar surface area (TPSA) is 134 Å². The number of phenols is 2. The molecule has 0 atom stereocenters. The lowest BCUT2D eigenvalue weighted by Crippen LogP contribution is -2.17. The maximum Gasteiger partial charge on any atom is 0.271 e. The third kappa shape index (κ3) is 4.44. The lowest BCUT2D eigenvalue weighted by atomic mass is 10.1. The zero-order valence-electron chi connectivity index (χ0n) is 17.6. The summed E-state index contributed by atoms with van der Waals surface area (Å²) in [6.45, 7) is 0. The highest BCUT2D eigenvalue weighted by molar-refractivity contribution is 5.95. The minimum Gasteiger partial charge on any atom is -0.508 e. The van der Waals surface area contributed by atoms with E-state index in [4.69, 9.17) is 4.42 Å². The Kier molecular flexibility index (Phi) is 5.41. The van der Waals surface area contributed by atoms with Crippen molar-refractivity contribution < 1.29 is 19.4 Å². The Morgan fingerprint density at radius 1 is 0.882 bits per heavy atom. The van der Waals surface area contributed by atoms with Crippen LogP contribution in [0.2, 0.25) is 0 Å². The van der Waals surface area contributed by atoms with E-state index in [2.05, 4.69) is 25.7 Å². The number of nitrogens with zero attached hydrogens (tertiary/aromatic N) is 4. The number of benzene rings is 3. The first-order chi connectivity index (χ1) is 16.5. The molecule has 0 aliphatic heterocycles. The first kappa shape index (κ1) is 20.8. The van der Waals surface area contributed by atoms with Gasteiger partial charge < -0.3 is 14.6 Å². The summed E-state index contributed by atoms with van der Waals surface area (Å²) in [5, 5.41) is 32.0. The summed E-state index contributed by atoms with van der Waals surface area (Å²) in [5.74, 6) is 0.0726. The van der Waals surface area contributed by atoms with Gasteiger partial charge in [-0.2, -0.15) is 5.10 Å². The normalized spacial score (nSPS) is 11.2. The van der Waals surface area contributed by atoms with E-state index in [9.17, 15) is 15.0 Å². The summed E-state index contributed by atoms with van der Waals surface area (Å²) in [6.07, 6.45) is 3.05. The average molecular weight is 451 g/mol. The van der Waals surface area contributed by atoms with Crippen molar-refractivity contribution in [1.82, 2.24) is 20.6 Å². The number of hydrogen-bond acceptors (Lipinski definition) is 8. The van der Waals surface area contributed by atoms with Crippen LogP contribution >= 0.6 is 0 Å². The number of carbonyl (C=O) groups excluding carboxylic acids is 1. The third-order valence-electron chi connectivity index (χ3n) is 4.97. The van der Waals surface area contributed by atoms with E-state index in [0.717, 1.165) is 16.5 Å². The Morgan fingerprint density at radius 2 is 1.59 bits per heavy atom. The van der Waals surface area contributed by atoms with Crippen LogP contribution < -0.4 is 5.43 Å². The Hall–Kier alpha value is -5.05. The van der Waals surface area contributed by atoms with Crippen LogP contribution in [0.4, 0.5) is 0 Å². The molecule has 0 saturated heterocycles. The summed E-state index contributed by atoms with van der Waals surface area (Å²) in [5.41, 5.74) is 5.53. The summed E-state index contributed by atoms with van der Waals surface area (Å²) >= 11 is 0. The monoisotopic (exact) mass is 451 g/mol. The zero-order chi connectivity index (χ0) is 23.5. The molecule has 5 rings (SSSR count). The molecule has 0 bridgehead atoms. The van der Waals surface area contributed by atoms with Gasteiger partial charge in [-0.25, -0.2) is 5.43 Å². The molecule has 166 valence electrons. The van der Waals surface area contributed by atoms with Crippen LogP contribution in [0.25, 0.3) is 33.8 Å². The number of amides is 1. The van der Waals surface area contributed by atoms with E-state index in [1.807, 2.05) is 30.3 Å². The number of aromatic nitrogens is 3. The van der Waals surface area contributed by atoms with Gasteiger partial charge in [-0.3, -0.25) is 9.78 Å². The second-order valence-electron chi connectivity index (χ2n) is 7.38. The van der Waals surface area contributed by atoms with Crippen molar-refractivity contribution >= 4 is 23.0 Å². The summed E-state index contributed by atoms with van der Waals surface area (Å²) in [7, 11) is 0. The van der Waals surface area contributed by atoms with Crippen LogP contribution in [0, 0.1) is 0 Å². The number of rotatable bonds is 5. The van der Waals surface area contributed by atoms with Gasteiger partial charge >= 0.3 is 0 Å². The molecule has 9 heteroatoms. The summed E-state index contributed by atoms with van der Waals surface area (Å²) in [6, 6.07) is 20.2. The minimum atomic E-state index is -0.428. The maximum absolute atomic E-state index is 12.3. The first-order valence-electron chi connectivity index (χ1n) is 10.2. The fraction of sp³-hybridized carbons (Fsp3) is 0. The van der Waals surface area contributed by atoms with Gasteiger partial charge in [0.15, 0.2) is 0 Å². The van der Waals surface area contributed by atoms with Crippen molar-refractivity contribution in [3.63, 3.8) is 0 Å². The smallest absolute Gasteiger partial charge is 0.271 e. The average Bonchev–Trinajstić information content (AvgIpc) is 3.34. The molecule has 0 saturated carbocycles. The van der Waals surface area contributed by atoms with Gasteiger partial charge in [-0.05, 0) is 60.7 Å². The van der Waals surface area contributed by atoms with Crippen molar-refractivity contribution in [3.8, 4) is 34.4 Å². The fourth-order valence-electron chi connectivity index (χ4n) is 3.35. The number of hydrazone groups is 1. The van der Waals surface area contributed by atoms with Crippen LogP contribution in [0.5, 0.6) is 11.5 Å². The van der Waals surface area contributed by atoms with Gasteiger partial charge in [0, 0.05) is 39.9 Å². The van der Waals surface area contributed by atoms with Crippen LogP contribution in [0.15, 0.2) is 88.5 Å². The molecule has 34 heavy (non-hydrogen) atoms. The fourth-order valence-corrected chi connectivity index (χ4v) is 3.35. The Balaban J connectivity index is 1.28. The van der Waals surface area contributed by atoms with Crippen LogP contribution in [0.3, 0.4) is 0 Å². The largest absolute Gasteiger partial charge is 0.508 e.